The molecule has 0 saturated heterocycles. The first-order chi connectivity index (χ1) is 12.7. The lowest BCUT2D eigenvalue weighted by atomic mass is 10.1. The van der Waals surface area contributed by atoms with Crippen molar-refractivity contribution in [1.82, 2.24) is 4.90 Å². The van der Waals surface area contributed by atoms with Crippen LogP contribution >= 0.6 is 0 Å². The molecule has 2 aromatic carbocycles. The van der Waals surface area contributed by atoms with Crippen molar-refractivity contribution in [2.75, 3.05) is 6.79 Å². The quantitative estimate of drug-likeness (QED) is 0.792. The molecule has 136 valence electrons. The molecule has 0 bridgehead atoms. The van der Waals surface area contributed by atoms with Gasteiger partial charge in [-0.25, -0.2) is 0 Å². The molecule has 26 heavy (non-hydrogen) atoms. The molecule has 0 N–H and O–H groups in total. The summed E-state index contributed by atoms with van der Waals surface area (Å²) in [7, 11) is 0. The predicted molar refractivity (Wildman–Crippen MR) is 101 cm³/mol. The Morgan fingerprint density at radius 2 is 1.69 bits per heavy atom. The van der Waals surface area contributed by atoms with Crippen LogP contribution in [0.25, 0.3) is 0 Å². The Morgan fingerprint density at radius 1 is 1.00 bits per heavy atom. The van der Waals surface area contributed by atoms with Gasteiger partial charge in [0.1, 0.15) is 0 Å². The lowest BCUT2D eigenvalue weighted by Gasteiger charge is -2.29. The SMILES string of the molecule is CCc1ccc(C(=O)N(Cc2ccc3c(c2)OCO3)C2CCCC2)cc1. The second-order valence-electron chi connectivity index (χ2n) is 7.11. The van der Waals surface area contributed by atoms with Crippen LogP contribution in [-0.4, -0.2) is 23.6 Å². The van der Waals surface area contributed by atoms with Gasteiger partial charge < -0.3 is 14.4 Å². The molecule has 0 aromatic heterocycles. The highest BCUT2D eigenvalue weighted by atomic mass is 16.7. The zero-order valence-corrected chi connectivity index (χ0v) is 15.2. The molecule has 0 atom stereocenters. The first kappa shape index (κ1) is 17.0. The number of amides is 1. The van der Waals surface area contributed by atoms with Crippen molar-refractivity contribution in [2.24, 2.45) is 0 Å². The van der Waals surface area contributed by atoms with Crippen LogP contribution in [0.1, 0.15) is 54.1 Å². The fourth-order valence-electron chi connectivity index (χ4n) is 3.87. The van der Waals surface area contributed by atoms with Gasteiger partial charge in [0.15, 0.2) is 11.5 Å². The predicted octanol–water partition coefficient (Wildman–Crippen LogP) is 4.56. The molecule has 1 aliphatic carbocycles. The van der Waals surface area contributed by atoms with E-state index < -0.39 is 0 Å². The number of hydrogen-bond donors (Lipinski definition) is 0. The van der Waals surface area contributed by atoms with Gasteiger partial charge in [0.2, 0.25) is 6.79 Å². The zero-order chi connectivity index (χ0) is 17.9. The number of aryl methyl sites for hydroxylation is 1. The zero-order valence-electron chi connectivity index (χ0n) is 15.2. The Labute approximate surface area is 154 Å². The van der Waals surface area contributed by atoms with E-state index in [2.05, 4.69) is 19.1 Å². The molecular formula is C22H25NO3. The summed E-state index contributed by atoms with van der Waals surface area (Å²) in [5.74, 6) is 1.67. The second-order valence-corrected chi connectivity index (χ2v) is 7.11. The van der Waals surface area contributed by atoms with Crippen LogP contribution in [-0.2, 0) is 13.0 Å². The average Bonchev–Trinajstić information content (AvgIpc) is 3.37. The van der Waals surface area contributed by atoms with Crippen LogP contribution in [0.3, 0.4) is 0 Å². The monoisotopic (exact) mass is 351 g/mol. The van der Waals surface area contributed by atoms with Crippen LogP contribution in [0.4, 0.5) is 0 Å². The Morgan fingerprint density at radius 3 is 2.42 bits per heavy atom. The molecule has 1 fully saturated rings. The molecule has 1 amide bonds. The summed E-state index contributed by atoms with van der Waals surface area (Å²) in [5, 5.41) is 0. The van der Waals surface area contributed by atoms with E-state index in [1.54, 1.807) is 0 Å². The lowest BCUT2D eigenvalue weighted by molar-refractivity contribution is 0.0664. The van der Waals surface area contributed by atoms with Crippen LogP contribution in [0.2, 0.25) is 0 Å². The maximum Gasteiger partial charge on any atom is 0.254 e. The third-order valence-electron chi connectivity index (χ3n) is 5.43. The number of ether oxygens (including phenoxy) is 2. The summed E-state index contributed by atoms with van der Waals surface area (Å²) in [6, 6.07) is 14.3. The first-order valence-electron chi connectivity index (χ1n) is 9.53. The van der Waals surface area contributed by atoms with Gasteiger partial charge in [-0.2, -0.15) is 0 Å². The van der Waals surface area contributed by atoms with Crippen LogP contribution in [0.15, 0.2) is 42.5 Å². The fraction of sp³-hybridized carbons (Fsp3) is 0.409. The van der Waals surface area contributed by atoms with Gasteiger partial charge >= 0.3 is 0 Å². The van der Waals surface area contributed by atoms with Gasteiger partial charge in [-0.05, 0) is 54.7 Å². The number of carbonyl (C=O) groups is 1. The number of benzene rings is 2. The van der Waals surface area contributed by atoms with Crippen molar-refractivity contribution in [3.8, 4) is 11.5 Å². The number of rotatable bonds is 5. The summed E-state index contributed by atoms with van der Waals surface area (Å²) in [6.07, 6.45) is 5.55. The topological polar surface area (TPSA) is 38.8 Å². The summed E-state index contributed by atoms with van der Waals surface area (Å²) >= 11 is 0. The highest BCUT2D eigenvalue weighted by molar-refractivity contribution is 5.94. The highest BCUT2D eigenvalue weighted by Gasteiger charge is 2.28. The molecule has 2 aliphatic rings. The Bertz CT molecular complexity index is 778. The summed E-state index contributed by atoms with van der Waals surface area (Å²) in [6.45, 7) is 3.00. The van der Waals surface area contributed by atoms with E-state index in [1.165, 1.54) is 18.4 Å². The minimum Gasteiger partial charge on any atom is -0.454 e. The molecule has 4 rings (SSSR count). The summed E-state index contributed by atoms with van der Waals surface area (Å²) in [4.78, 5) is 15.3. The maximum atomic E-state index is 13.2. The van der Waals surface area contributed by atoms with Gasteiger partial charge in [-0.3, -0.25) is 4.79 Å². The molecule has 2 aromatic rings. The summed E-state index contributed by atoms with van der Waals surface area (Å²) in [5.41, 5.74) is 3.11. The third-order valence-corrected chi connectivity index (χ3v) is 5.43. The average molecular weight is 351 g/mol. The van der Waals surface area contributed by atoms with Crippen molar-refractivity contribution >= 4 is 5.91 Å². The van der Waals surface area contributed by atoms with Gasteiger partial charge in [0.05, 0.1) is 0 Å². The Kier molecular flexibility index (Phi) is 4.83. The largest absolute Gasteiger partial charge is 0.454 e. The lowest BCUT2D eigenvalue weighted by Crippen LogP contribution is -2.38. The third kappa shape index (κ3) is 3.41. The van der Waals surface area contributed by atoms with Crippen molar-refractivity contribution in [3.63, 3.8) is 0 Å². The van der Waals surface area contributed by atoms with Crippen LogP contribution < -0.4 is 9.47 Å². The molecule has 1 heterocycles. The molecule has 0 spiro atoms. The normalized spacial score (nSPS) is 16.0. The van der Waals surface area contributed by atoms with E-state index in [9.17, 15) is 4.79 Å². The number of fused-ring (bicyclic) bond motifs is 1. The molecule has 0 radical (unpaired) electrons. The molecule has 0 unspecified atom stereocenters. The van der Waals surface area contributed by atoms with Gasteiger partial charge in [-0.15, -0.1) is 0 Å². The Hall–Kier alpha value is -2.49. The molecule has 4 heteroatoms. The number of nitrogens with zero attached hydrogens (tertiary/aromatic N) is 1. The second kappa shape index (κ2) is 7.40. The Balaban J connectivity index is 1.58. The highest BCUT2D eigenvalue weighted by Crippen LogP contribution is 2.34. The van der Waals surface area contributed by atoms with E-state index in [0.717, 1.165) is 41.9 Å². The first-order valence-corrected chi connectivity index (χ1v) is 9.53. The van der Waals surface area contributed by atoms with Crippen LogP contribution in [0.5, 0.6) is 11.5 Å². The molecule has 4 nitrogen and oxygen atoms in total. The van der Waals surface area contributed by atoms with E-state index in [0.29, 0.717) is 12.6 Å². The van der Waals surface area contributed by atoms with Gasteiger partial charge in [-0.1, -0.05) is 38.0 Å². The van der Waals surface area contributed by atoms with E-state index in [4.69, 9.17) is 9.47 Å². The van der Waals surface area contributed by atoms with Crippen molar-refractivity contribution < 1.29 is 14.3 Å². The molecule has 1 aliphatic heterocycles. The van der Waals surface area contributed by atoms with Gasteiger partial charge in [0.25, 0.3) is 5.91 Å². The maximum absolute atomic E-state index is 13.2. The van der Waals surface area contributed by atoms with Gasteiger partial charge in [0, 0.05) is 18.2 Å². The van der Waals surface area contributed by atoms with Crippen molar-refractivity contribution in [2.45, 2.75) is 51.6 Å². The van der Waals surface area contributed by atoms with E-state index in [1.807, 2.05) is 35.2 Å². The van der Waals surface area contributed by atoms with Crippen molar-refractivity contribution in [1.29, 1.82) is 0 Å². The number of hydrogen-bond acceptors (Lipinski definition) is 3. The minimum atomic E-state index is 0.122. The van der Waals surface area contributed by atoms with Crippen molar-refractivity contribution in [3.05, 3.63) is 59.2 Å². The molecule has 1 saturated carbocycles. The van der Waals surface area contributed by atoms with E-state index >= 15 is 0 Å². The minimum absolute atomic E-state index is 0.122. The van der Waals surface area contributed by atoms with Crippen LogP contribution in [0, 0.1) is 0 Å². The number of carbonyl (C=O) groups excluding carboxylic acids is 1. The fourth-order valence-corrected chi connectivity index (χ4v) is 3.87. The summed E-state index contributed by atoms with van der Waals surface area (Å²) < 4.78 is 10.9. The molecular weight excluding hydrogens is 326 g/mol. The van der Waals surface area contributed by atoms with E-state index in [-0.39, 0.29) is 12.7 Å². The smallest absolute Gasteiger partial charge is 0.254 e. The standard InChI is InChI=1S/C22H25NO3/c1-2-16-7-10-18(11-8-16)22(24)23(19-5-3-4-6-19)14-17-9-12-20-21(13-17)26-15-25-20/h7-13,19H,2-6,14-15H2,1H3.